The highest BCUT2D eigenvalue weighted by molar-refractivity contribution is 9.10. The fourth-order valence-corrected chi connectivity index (χ4v) is 3.84. The Labute approximate surface area is 130 Å². The molecule has 0 saturated heterocycles. The third kappa shape index (κ3) is 2.32. The van der Waals surface area contributed by atoms with Crippen LogP contribution in [0.2, 0.25) is 0 Å². The van der Waals surface area contributed by atoms with Gasteiger partial charge in [0.2, 0.25) is 6.79 Å². The second kappa shape index (κ2) is 5.35. The van der Waals surface area contributed by atoms with Gasteiger partial charge in [-0.05, 0) is 47.0 Å². The Kier molecular flexibility index (Phi) is 3.70. The predicted molar refractivity (Wildman–Crippen MR) is 82.5 cm³/mol. The molecule has 106 valence electrons. The molecule has 0 bridgehead atoms. The first kappa shape index (κ1) is 13.9. The molecule has 6 heteroatoms. The molecule has 2 aromatic rings. The van der Waals surface area contributed by atoms with E-state index in [1.807, 2.05) is 12.1 Å². The Morgan fingerprint density at radius 1 is 1.45 bits per heavy atom. The van der Waals surface area contributed by atoms with E-state index in [1.165, 1.54) is 4.88 Å². The van der Waals surface area contributed by atoms with Crippen molar-refractivity contribution >= 4 is 27.3 Å². The molecular weight excluding hydrogens is 340 g/mol. The van der Waals surface area contributed by atoms with Crippen LogP contribution >= 0.6 is 27.3 Å². The average Bonchev–Trinajstić information content (AvgIpc) is 3.04. The highest BCUT2D eigenvalue weighted by Crippen LogP contribution is 2.42. The molecule has 0 saturated carbocycles. The molecule has 0 fully saturated rings. The highest BCUT2D eigenvalue weighted by Gasteiger charge is 2.22. The van der Waals surface area contributed by atoms with Crippen molar-refractivity contribution in [2.75, 3.05) is 6.79 Å². The number of hydrogen-bond acceptors (Lipinski definition) is 5. The number of rotatable bonds is 3. The van der Waals surface area contributed by atoms with Gasteiger partial charge in [-0.25, -0.2) is 4.98 Å². The summed E-state index contributed by atoms with van der Waals surface area (Å²) >= 11 is 5.15. The molecule has 1 unspecified atom stereocenters. The molecule has 2 heterocycles. The van der Waals surface area contributed by atoms with Crippen molar-refractivity contribution in [3.63, 3.8) is 0 Å². The lowest BCUT2D eigenvalue weighted by atomic mass is 10.1. The van der Waals surface area contributed by atoms with Crippen molar-refractivity contribution in [1.29, 1.82) is 0 Å². The average molecular weight is 355 g/mol. The first-order valence-electron chi connectivity index (χ1n) is 6.41. The third-order valence-corrected chi connectivity index (χ3v) is 5.00. The van der Waals surface area contributed by atoms with Gasteiger partial charge in [0.1, 0.15) is 5.01 Å². The SMILES string of the molecule is CCc1nc(C(N)c2cc(Br)c3c(c2)OCO3)sc1C. The minimum absolute atomic E-state index is 0.246. The van der Waals surface area contributed by atoms with Gasteiger partial charge < -0.3 is 15.2 Å². The number of thiazole rings is 1. The Morgan fingerprint density at radius 3 is 2.95 bits per heavy atom. The molecule has 0 radical (unpaired) electrons. The fourth-order valence-electron chi connectivity index (χ4n) is 2.22. The van der Waals surface area contributed by atoms with Gasteiger partial charge in [0.25, 0.3) is 0 Å². The lowest BCUT2D eigenvalue weighted by molar-refractivity contribution is 0.173. The molecule has 0 amide bonds. The number of aryl methyl sites for hydroxylation is 2. The van der Waals surface area contributed by atoms with Crippen LogP contribution in [0.1, 0.15) is 34.1 Å². The zero-order valence-electron chi connectivity index (χ0n) is 11.3. The lowest BCUT2D eigenvalue weighted by Crippen LogP contribution is -2.11. The van der Waals surface area contributed by atoms with Gasteiger partial charge in [-0.3, -0.25) is 0 Å². The second-order valence-electron chi connectivity index (χ2n) is 4.62. The van der Waals surface area contributed by atoms with Crippen LogP contribution in [0, 0.1) is 6.92 Å². The molecule has 2 N–H and O–H groups in total. The number of nitrogens with zero attached hydrogens (tertiary/aromatic N) is 1. The smallest absolute Gasteiger partial charge is 0.231 e. The van der Waals surface area contributed by atoms with E-state index in [1.54, 1.807) is 11.3 Å². The summed E-state index contributed by atoms with van der Waals surface area (Å²) in [6.45, 7) is 4.44. The van der Waals surface area contributed by atoms with Crippen molar-refractivity contribution < 1.29 is 9.47 Å². The Bertz CT molecular complexity index is 657. The van der Waals surface area contributed by atoms with Gasteiger partial charge >= 0.3 is 0 Å². The molecule has 3 rings (SSSR count). The van der Waals surface area contributed by atoms with E-state index >= 15 is 0 Å². The minimum atomic E-state index is -0.246. The van der Waals surface area contributed by atoms with Crippen molar-refractivity contribution in [2.45, 2.75) is 26.3 Å². The Hall–Kier alpha value is -1.11. The van der Waals surface area contributed by atoms with Crippen molar-refractivity contribution in [3.05, 3.63) is 37.7 Å². The van der Waals surface area contributed by atoms with Crippen LogP contribution < -0.4 is 15.2 Å². The first-order chi connectivity index (χ1) is 9.60. The maximum atomic E-state index is 6.35. The van der Waals surface area contributed by atoms with Crippen LogP contribution in [0.25, 0.3) is 0 Å². The second-order valence-corrected chi connectivity index (χ2v) is 6.71. The number of hydrogen-bond donors (Lipinski definition) is 1. The summed E-state index contributed by atoms with van der Waals surface area (Å²) in [6, 6.07) is 3.66. The topological polar surface area (TPSA) is 57.4 Å². The summed E-state index contributed by atoms with van der Waals surface area (Å²) < 4.78 is 11.7. The molecule has 0 aliphatic carbocycles. The molecule has 1 aliphatic rings. The van der Waals surface area contributed by atoms with Gasteiger partial charge in [-0.15, -0.1) is 11.3 Å². The fraction of sp³-hybridized carbons (Fsp3) is 0.357. The Morgan fingerprint density at radius 2 is 2.25 bits per heavy atom. The van der Waals surface area contributed by atoms with E-state index in [-0.39, 0.29) is 12.8 Å². The van der Waals surface area contributed by atoms with Crippen molar-refractivity contribution in [2.24, 2.45) is 5.73 Å². The summed E-state index contributed by atoms with van der Waals surface area (Å²) in [7, 11) is 0. The van der Waals surface area contributed by atoms with E-state index < -0.39 is 0 Å². The summed E-state index contributed by atoms with van der Waals surface area (Å²) in [5.41, 5.74) is 8.44. The number of halogens is 1. The molecule has 20 heavy (non-hydrogen) atoms. The summed E-state index contributed by atoms with van der Waals surface area (Å²) in [6.07, 6.45) is 0.930. The standard InChI is InChI=1S/C14H15BrN2O2S/c1-3-10-7(2)20-14(17-10)12(16)8-4-9(15)13-11(5-8)18-6-19-13/h4-5,12H,3,6,16H2,1-2H3. The van der Waals surface area contributed by atoms with Crippen LogP contribution in [0.4, 0.5) is 0 Å². The Balaban J connectivity index is 1.97. The predicted octanol–water partition coefficient (Wildman–Crippen LogP) is 3.55. The number of benzene rings is 1. The molecule has 1 aliphatic heterocycles. The number of nitrogens with two attached hydrogens (primary N) is 1. The van der Waals surface area contributed by atoms with Crippen LogP contribution in [0.15, 0.2) is 16.6 Å². The monoisotopic (exact) mass is 354 g/mol. The van der Waals surface area contributed by atoms with E-state index in [0.717, 1.165) is 38.7 Å². The van der Waals surface area contributed by atoms with Gasteiger partial charge in [-0.1, -0.05) is 6.92 Å². The quantitative estimate of drug-likeness (QED) is 0.915. The molecule has 1 aromatic heterocycles. The maximum absolute atomic E-state index is 6.35. The summed E-state index contributed by atoms with van der Waals surface area (Å²) in [5, 5.41) is 0.935. The number of ether oxygens (including phenoxy) is 2. The maximum Gasteiger partial charge on any atom is 0.231 e. The summed E-state index contributed by atoms with van der Waals surface area (Å²) in [4.78, 5) is 5.87. The van der Waals surface area contributed by atoms with E-state index in [9.17, 15) is 0 Å². The molecule has 0 spiro atoms. The van der Waals surface area contributed by atoms with Crippen molar-refractivity contribution in [3.8, 4) is 11.5 Å². The molecule has 1 aromatic carbocycles. The lowest BCUT2D eigenvalue weighted by Gasteiger charge is -2.11. The van der Waals surface area contributed by atoms with Crippen LogP contribution in [0.5, 0.6) is 11.5 Å². The first-order valence-corrected chi connectivity index (χ1v) is 8.02. The molecule has 4 nitrogen and oxygen atoms in total. The normalized spacial score (nSPS) is 14.6. The van der Waals surface area contributed by atoms with E-state index in [4.69, 9.17) is 15.2 Å². The van der Waals surface area contributed by atoms with Gasteiger partial charge in [-0.2, -0.15) is 0 Å². The minimum Gasteiger partial charge on any atom is -0.454 e. The van der Waals surface area contributed by atoms with Crippen LogP contribution in [-0.2, 0) is 6.42 Å². The molecule has 1 atom stereocenters. The third-order valence-electron chi connectivity index (χ3n) is 3.32. The van der Waals surface area contributed by atoms with Crippen LogP contribution in [-0.4, -0.2) is 11.8 Å². The summed E-state index contributed by atoms with van der Waals surface area (Å²) in [5.74, 6) is 1.47. The zero-order chi connectivity index (χ0) is 14.3. The van der Waals surface area contributed by atoms with E-state index in [0.29, 0.717) is 0 Å². The largest absolute Gasteiger partial charge is 0.454 e. The van der Waals surface area contributed by atoms with Gasteiger partial charge in [0, 0.05) is 4.88 Å². The van der Waals surface area contributed by atoms with E-state index in [2.05, 4.69) is 34.8 Å². The molecular formula is C14H15BrN2O2S. The number of fused-ring (bicyclic) bond motifs is 1. The van der Waals surface area contributed by atoms with Gasteiger partial charge in [0.15, 0.2) is 11.5 Å². The van der Waals surface area contributed by atoms with Gasteiger partial charge in [0.05, 0.1) is 16.2 Å². The number of aromatic nitrogens is 1. The van der Waals surface area contributed by atoms with Crippen LogP contribution in [0.3, 0.4) is 0 Å². The van der Waals surface area contributed by atoms with Crippen molar-refractivity contribution in [1.82, 2.24) is 4.98 Å². The zero-order valence-corrected chi connectivity index (χ0v) is 13.7. The highest BCUT2D eigenvalue weighted by atomic mass is 79.9.